The molecule has 0 amide bonds. The van der Waals surface area contributed by atoms with Crippen molar-refractivity contribution in [1.29, 1.82) is 0 Å². The second-order valence-electron chi connectivity index (χ2n) is 18.6. The number of hydrogen-bond acceptors (Lipinski definition) is 18. The second kappa shape index (κ2) is 11.4. The normalized spacial score (nSPS) is 54.1. The molecule has 17 unspecified atom stereocenters. The van der Waals surface area contributed by atoms with E-state index in [1.165, 1.54) is 54.6 Å². The first-order valence-corrected chi connectivity index (χ1v) is 19.6. The Balaban J connectivity index is 1.41. The largest absolute Gasteiger partial charge is 0.472 e. The number of esters is 4. The van der Waals surface area contributed by atoms with Crippen LogP contribution in [-0.2, 0) is 71.3 Å². The Bertz CT molecular complexity index is 1990. The van der Waals surface area contributed by atoms with E-state index >= 15 is 0 Å². The monoisotopic (exact) mass is 820 g/mol. The first-order valence-electron chi connectivity index (χ1n) is 19.6. The summed E-state index contributed by atoms with van der Waals surface area (Å²) >= 11 is 0. The van der Waals surface area contributed by atoms with Crippen molar-refractivity contribution in [2.24, 2.45) is 22.2 Å². The predicted octanol–water partition coefficient (Wildman–Crippen LogP) is 2.10. The van der Waals surface area contributed by atoms with Crippen molar-refractivity contribution >= 4 is 23.9 Å². The molecule has 17 atom stereocenters. The summed E-state index contributed by atoms with van der Waals surface area (Å²) in [6.07, 6.45) is -5.29. The van der Waals surface area contributed by atoms with Crippen molar-refractivity contribution in [3.63, 3.8) is 0 Å². The average molecular weight is 821 g/mol. The van der Waals surface area contributed by atoms with Crippen LogP contribution in [0.25, 0.3) is 0 Å². The maximum absolute atomic E-state index is 14.3. The van der Waals surface area contributed by atoms with Crippen molar-refractivity contribution in [2.45, 2.75) is 157 Å². The Hall–Kier alpha value is -3.20. The minimum absolute atomic E-state index is 0.166. The average Bonchev–Trinajstić information content (AvgIpc) is 3.74. The quantitative estimate of drug-likeness (QED) is 0.196. The lowest BCUT2D eigenvalue weighted by Crippen LogP contribution is -2.97. The maximum atomic E-state index is 14.3. The Morgan fingerprint density at radius 2 is 1.59 bits per heavy atom. The van der Waals surface area contributed by atoms with E-state index in [2.05, 4.69) is 0 Å². The molecule has 4 aliphatic carbocycles. The van der Waals surface area contributed by atoms with Crippen molar-refractivity contribution in [2.75, 3.05) is 21.3 Å². The highest BCUT2D eigenvalue weighted by molar-refractivity contribution is 5.83. The van der Waals surface area contributed by atoms with Crippen LogP contribution in [-0.4, -0.2) is 125 Å². The standard InChI is InChI=1S/C40H52O18/c1-19-32(5,53-19)29(45)52-27-30(3)18-36(46)33(6,22(30)14-24(43)47-9)39-23(42)15-31(4,26(51-20(2)41)21-12-13-50-17-21)37(16-25(44)48-10)40(39,58-35(8,55-37)57-39)28-38(27,36)56-34(7,49-11)54-28/h12-13,17,19,22-23,26-28,42,46H,14-16,18H2,1-11H3. The van der Waals surface area contributed by atoms with E-state index in [-0.39, 0.29) is 19.3 Å². The molecule has 18 heteroatoms. The van der Waals surface area contributed by atoms with Gasteiger partial charge in [-0.25, -0.2) is 4.79 Å². The predicted molar refractivity (Wildman–Crippen MR) is 187 cm³/mol. The van der Waals surface area contributed by atoms with Gasteiger partial charge in [-0.3, -0.25) is 14.4 Å². The third kappa shape index (κ3) is 3.97. The summed E-state index contributed by atoms with van der Waals surface area (Å²) in [4.78, 5) is 55.2. The lowest BCUT2D eigenvalue weighted by atomic mass is 9.32. The fourth-order valence-corrected chi connectivity index (χ4v) is 13.8. The molecular formula is C40H52O18. The van der Waals surface area contributed by atoms with E-state index in [1.54, 1.807) is 40.7 Å². The zero-order valence-corrected chi connectivity index (χ0v) is 34.5. The number of hydrogen-bond donors (Lipinski definition) is 2. The molecule has 4 aliphatic heterocycles. The summed E-state index contributed by atoms with van der Waals surface area (Å²) in [6.45, 7) is 12.6. The van der Waals surface area contributed by atoms with E-state index in [0.29, 0.717) is 5.56 Å². The van der Waals surface area contributed by atoms with Crippen LogP contribution in [0.4, 0.5) is 0 Å². The number of fused-ring (bicyclic) bond motifs is 2. The van der Waals surface area contributed by atoms with Crippen LogP contribution in [0.1, 0.15) is 92.7 Å². The fourth-order valence-electron chi connectivity index (χ4n) is 13.8. The first-order chi connectivity index (χ1) is 26.9. The van der Waals surface area contributed by atoms with Gasteiger partial charge in [0.1, 0.15) is 35.1 Å². The maximum Gasteiger partial charge on any atom is 0.341 e. The number of epoxide rings is 1. The number of carbonyl (C=O) groups is 4. The van der Waals surface area contributed by atoms with Gasteiger partial charge in [0.25, 0.3) is 11.9 Å². The Morgan fingerprint density at radius 1 is 0.931 bits per heavy atom. The van der Waals surface area contributed by atoms with E-state index in [4.69, 9.17) is 56.5 Å². The molecule has 2 N–H and O–H groups in total. The molecule has 0 radical (unpaired) electrons. The van der Waals surface area contributed by atoms with Gasteiger partial charge in [-0.2, -0.15) is 0 Å². The number of aliphatic hydroxyl groups is 2. The Kier molecular flexibility index (Phi) is 7.89. The molecule has 8 aliphatic rings. The lowest BCUT2D eigenvalue weighted by molar-refractivity contribution is -0.468. The van der Waals surface area contributed by atoms with Gasteiger partial charge < -0.3 is 66.7 Å². The SMILES string of the molecule is COC(=O)CC1C2(C)CC3(O)C4(OC(C)(OC)OC4C45OC6(C)OC4(CC(=O)OC)C(C)(C(OC(C)=O)c4ccoc4)CC(O)C5(O6)C13C)C2OC(=O)C1(C)OC1C. The Morgan fingerprint density at radius 3 is 2.16 bits per heavy atom. The van der Waals surface area contributed by atoms with Crippen LogP contribution < -0.4 is 0 Å². The summed E-state index contributed by atoms with van der Waals surface area (Å²) in [5.74, 6) is -8.10. The molecule has 1 aromatic heterocycles. The highest BCUT2D eigenvalue weighted by Gasteiger charge is 3.07. The number of aliphatic hydroxyl groups excluding tert-OH is 1. The van der Waals surface area contributed by atoms with E-state index in [0.717, 1.165) is 0 Å². The topological polar surface area (TPSA) is 227 Å². The highest BCUT2D eigenvalue weighted by Crippen LogP contribution is 2.90. The molecule has 4 saturated carbocycles. The minimum Gasteiger partial charge on any atom is -0.472 e. The van der Waals surface area contributed by atoms with Crippen LogP contribution in [0.2, 0.25) is 0 Å². The molecule has 4 saturated heterocycles. The number of furan rings is 1. The third-order valence-electron chi connectivity index (χ3n) is 16.1. The number of carbonyl (C=O) groups excluding carboxylic acids is 4. The van der Waals surface area contributed by atoms with Gasteiger partial charge in [0.2, 0.25) is 0 Å². The molecule has 58 heavy (non-hydrogen) atoms. The van der Waals surface area contributed by atoms with Crippen molar-refractivity contribution in [3.8, 4) is 0 Å². The summed E-state index contributed by atoms with van der Waals surface area (Å²) < 4.78 is 75.7. The molecular weight excluding hydrogens is 768 g/mol. The highest BCUT2D eigenvalue weighted by atomic mass is 17.0. The van der Waals surface area contributed by atoms with Gasteiger partial charge in [-0.1, -0.05) is 20.8 Å². The van der Waals surface area contributed by atoms with Gasteiger partial charge in [0.15, 0.2) is 16.8 Å². The molecule has 9 rings (SSSR count). The summed E-state index contributed by atoms with van der Waals surface area (Å²) in [7, 11) is 3.75. The van der Waals surface area contributed by atoms with Gasteiger partial charge >= 0.3 is 23.9 Å². The Labute approximate surface area is 334 Å². The van der Waals surface area contributed by atoms with Crippen LogP contribution in [0.5, 0.6) is 0 Å². The van der Waals surface area contributed by atoms with Gasteiger partial charge in [0, 0.05) is 56.1 Å². The fraction of sp³-hybridized carbons (Fsp3) is 0.800. The number of methoxy groups -OCH3 is 3. The van der Waals surface area contributed by atoms with Crippen LogP contribution in [0.3, 0.4) is 0 Å². The van der Waals surface area contributed by atoms with Crippen LogP contribution in [0.15, 0.2) is 23.0 Å². The zero-order chi connectivity index (χ0) is 42.3. The summed E-state index contributed by atoms with van der Waals surface area (Å²) in [5, 5.41) is 27.4. The van der Waals surface area contributed by atoms with Crippen molar-refractivity contribution in [3.05, 3.63) is 24.2 Å². The number of rotatable bonds is 10. The molecule has 0 aromatic carbocycles. The summed E-state index contributed by atoms with van der Waals surface area (Å²) in [5.41, 5.74) is -16.7. The molecule has 4 bridgehead atoms. The second-order valence-corrected chi connectivity index (χ2v) is 18.6. The molecule has 320 valence electrons. The van der Waals surface area contributed by atoms with Gasteiger partial charge in [-0.05, 0) is 38.7 Å². The molecule has 2 spiro atoms. The van der Waals surface area contributed by atoms with E-state index < -0.39 is 129 Å². The number of ether oxygens (including phenoxy) is 11. The molecule has 1 aromatic rings. The van der Waals surface area contributed by atoms with E-state index in [1.807, 2.05) is 0 Å². The van der Waals surface area contributed by atoms with Gasteiger partial charge in [-0.15, -0.1) is 0 Å². The smallest absolute Gasteiger partial charge is 0.341 e. The van der Waals surface area contributed by atoms with Crippen LogP contribution >= 0.6 is 0 Å². The van der Waals surface area contributed by atoms with Crippen molar-refractivity contribution in [1.82, 2.24) is 0 Å². The van der Waals surface area contributed by atoms with Crippen LogP contribution in [0, 0.1) is 22.2 Å². The molecule has 5 heterocycles. The van der Waals surface area contributed by atoms with Gasteiger partial charge in [0.05, 0.1) is 45.4 Å². The minimum atomic E-state index is -2.28. The molecule has 8 fully saturated rings. The lowest BCUT2D eigenvalue weighted by Gasteiger charge is -2.78. The third-order valence-corrected chi connectivity index (χ3v) is 16.1. The summed E-state index contributed by atoms with van der Waals surface area (Å²) in [6, 6.07) is 1.58. The van der Waals surface area contributed by atoms with Crippen molar-refractivity contribution < 1.29 is 85.9 Å². The first kappa shape index (κ1) is 40.2. The molecule has 18 nitrogen and oxygen atoms in total. The zero-order valence-electron chi connectivity index (χ0n) is 34.5. The van der Waals surface area contributed by atoms with E-state index in [9.17, 15) is 29.4 Å².